The molecule has 2 aromatic rings. The van der Waals surface area contributed by atoms with Crippen molar-refractivity contribution in [3.8, 4) is 5.75 Å². The molecule has 1 saturated heterocycles. The predicted molar refractivity (Wildman–Crippen MR) is 110 cm³/mol. The summed E-state index contributed by atoms with van der Waals surface area (Å²) in [6.07, 6.45) is 6.07. The van der Waals surface area contributed by atoms with Crippen LogP contribution in [-0.4, -0.2) is 54.2 Å². The Hall–Kier alpha value is -3.01. The highest BCUT2D eigenvalue weighted by atomic mass is 32.2. The lowest BCUT2D eigenvalue weighted by molar-refractivity contribution is -0.135. The number of likely N-dealkylation sites (tertiary alicyclic amines) is 1. The summed E-state index contributed by atoms with van der Waals surface area (Å²) in [7, 11) is -3.60. The Bertz CT molecular complexity index is 1070. The van der Waals surface area contributed by atoms with Crippen molar-refractivity contribution in [3.05, 3.63) is 53.6 Å². The summed E-state index contributed by atoms with van der Waals surface area (Å²) < 4.78 is 33.3. The van der Waals surface area contributed by atoms with Crippen molar-refractivity contribution in [3.63, 3.8) is 0 Å². The van der Waals surface area contributed by atoms with Gasteiger partial charge in [-0.2, -0.15) is 0 Å². The zero-order valence-electron chi connectivity index (χ0n) is 16.4. The maximum atomic E-state index is 12.8. The monoisotopic (exact) mass is 429 g/mol. The third-order valence-corrected chi connectivity index (χ3v) is 6.45. The number of piperidine rings is 1. The van der Waals surface area contributed by atoms with Crippen LogP contribution in [0.5, 0.6) is 5.75 Å². The van der Waals surface area contributed by atoms with Gasteiger partial charge in [-0.25, -0.2) is 18.4 Å². The van der Waals surface area contributed by atoms with E-state index in [1.807, 2.05) is 4.90 Å². The number of nitrogens with zero attached hydrogens (tertiary/aromatic N) is 4. The van der Waals surface area contributed by atoms with Crippen LogP contribution in [0, 0.1) is 0 Å². The van der Waals surface area contributed by atoms with Gasteiger partial charge in [0.1, 0.15) is 24.5 Å². The first-order valence-corrected chi connectivity index (χ1v) is 11.4. The summed E-state index contributed by atoms with van der Waals surface area (Å²) in [5.41, 5.74) is 7.68. The first kappa shape index (κ1) is 20.3. The van der Waals surface area contributed by atoms with E-state index in [0.29, 0.717) is 35.7 Å². The summed E-state index contributed by atoms with van der Waals surface area (Å²) in [6, 6.07) is 6.85. The highest BCUT2D eigenvalue weighted by molar-refractivity contribution is 7.89. The van der Waals surface area contributed by atoms with Gasteiger partial charge < -0.3 is 15.4 Å². The summed E-state index contributed by atoms with van der Waals surface area (Å²) in [4.78, 5) is 22.7. The lowest BCUT2D eigenvalue weighted by atomic mass is 10.0. The minimum Gasteiger partial charge on any atom is -0.491 e. The van der Waals surface area contributed by atoms with E-state index in [1.54, 1.807) is 30.5 Å². The topological polar surface area (TPSA) is 128 Å². The zero-order chi connectivity index (χ0) is 21.1. The van der Waals surface area contributed by atoms with Crippen LogP contribution in [0.25, 0.3) is 0 Å². The van der Waals surface area contributed by atoms with E-state index in [2.05, 4.69) is 14.4 Å². The average molecular weight is 430 g/mol. The van der Waals surface area contributed by atoms with Gasteiger partial charge in [-0.15, -0.1) is 4.40 Å². The molecule has 3 heterocycles. The van der Waals surface area contributed by atoms with Crippen molar-refractivity contribution in [2.24, 2.45) is 10.1 Å². The Morgan fingerprint density at radius 3 is 2.93 bits per heavy atom. The van der Waals surface area contributed by atoms with Crippen molar-refractivity contribution >= 4 is 21.8 Å². The second-order valence-corrected chi connectivity index (χ2v) is 9.05. The minimum absolute atomic E-state index is 0.00394. The molecule has 0 aliphatic carbocycles. The number of hydrogen-bond donors (Lipinski definition) is 1. The number of ether oxygens (including phenoxy) is 1. The van der Waals surface area contributed by atoms with Crippen molar-refractivity contribution in [2.45, 2.75) is 37.5 Å². The van der Waals surface area contributed by atoms with Crippen LogP contribution in [0.15, 0.2) is 41.2 Å². The second kappa shape index (κ2) is 8.39. The lowest BCUT2D eigenvalue weighted by Crippen LogP contribution is -2.47. The Morgan fingerprint density at radius 2 is 2.13 bits per heavy atom. The predicted octanol–water partition coefficient (Wildman–Crippen LogP) is 1.03. The molecule has 1 atom stereocenters. The molecular formula is C20H23N5O4S. The number of hydrogen-bond acceptors (Lipinski definition) is 7. The molecular weight excluding hydrogens is 406 g/mol. The molecule has 9 nitrogen and oxygen atoms in total. The molecule has 0 unspecified atom stereocenters. The van der Waals surface area contributed by atoms with E-state index in [1.165, 1.54) is 6.33 Å². The fourth-order valence-electron chi connectivity index (χ4n) is 3.90. The lowest BCUT2D eigenvalue weighted by Gasteiger charge is -2.35. The number of nitrogens with two attached hydrogens (primary N) is 1. The molecule has 2 N–H and O–H groups in total. The molecule has 158 valence electrons. The van der Waals surface area contributed by atoms with Crippen LogP contribution >= 0.6 is 0 Å². The molecule has 1 fully saturated rings. The highest BCUT2D eigenvalue weighted by Gasteiger charge is 2.29. The molecule has 30 heavy (non-hydrogen) atoms. The molecule has 0 spiro atoms. The second-order valence-electron chi connectivity index (χ2n) is 7.42. The van der Waals surface area contributed by atoms with Crippen LogP contribution in [0.1, 0.15) is 36.1 Å². The number of aromatic nitrogens is 2. The largest absolute Gasteiger partial charge is 0.491 e. The number of rotatable bonds is 5. The molecule has 10 heteroatoms. The van der Waals surface area contributed by atoms with E-state index in [9.17, 15) is 13.2 Å². The van der Waals surface area contributed by atoms with Gasteiger partial charge in [-0.1, -0.05) is 12.1 Å². The number of carbonyl (C=O) groups is 1. The van der Waals surface area contributed by atoms with Crippen LogP contribution < -0.4 is 10.5 Å². The molecule has 1 aromatic heterocycles. The van der Waals surface area contributed by atoms with Crippen LogP contribution in [0.2, 0.25) is 0 Å². The first-order valence-electron chi connectivity index (χ1n) is 9.80. The molecule has 0 radical (unpaired) electrons. The summed E-state index contributed by atoms with van der Waals surface area (Å²) in [5.74, 6) is 0.224. The average Bonchev–Trinajstić information content (AvgIpc) is 2.72. The maximum Gasteiger partial charge on any atom is 0.259 e. The van der Waals surface area contributed by atoms with E-state index in [0.717, 1.165) is 19.3 Å². The number of amidine groups is 1. The molecule has 1 aromatic carbocycles. The first-order chi connectivity index (χ1) is 14.4. The quantitative estimate of drug-likeness (QED) is 0.752. The van der Waals surface area contributed by atoms with Gasteiger partial charge in [0.25, 0.3) is 10.0 Å². The molecule has 2 aliphatic rings. The zero-order valence-corrected chi connectivity index (χ0v) is 17.2. The van der Waals surface area contributed by atoms with Crippen LogP contribution in [-0.2, 0) is 27.0 Å². The molecule has 2 aliphatic heterocycles. The van der Waals surface area contributed by atoms with Crippen molar-refractivity contribution in [1.29, 1.82) is 0 Å². The summed E-state index contributed by atoms with van der Waals surface area (Å²) in [6.45, 7) is 0.971. The normalized spacial score (nSPS) is 20.2. The Labute approximate surface area is 175 Å². The fraction of sp³-hybridized carbons (Fsp3) is 0.400. The van der Waals surface area contributed by atoms with Crippen LogP contribution in [0.3, 0.4) is 0 Å². The van der Waals surface area contributed by atoms with Crippen LogP contribution in [0.4, 0.5) is 0 Å². The van der Waals surface area contributed by atoms with E-state index < -0.39 is 10.0 Å². The standard InChI is InChI=1S/C20H23N5O4S/c21-20-19-14(12-30(27,28)24-20)4-3-6-17(19)29-11-16-5-1-2-9-25(16)18(26)10-15-7-8-22-13-23-15/h3-4,6-8,13,16H,1-2,5,9-12H2,(H2,21,24)/t16-/m1/s1. The van der Waals surface area contributed by atoms with Gasteiger partial charge in [0.2, 0.25) is 5.91 Å². The van der Waals surface area contributed by atoms with E-state index in [4.69, 9.17) is 10.5 Å². The molecule has 0 saturated carbocycles. The van der Waals surface area contributed by atoms with Crippen molar-refractivity contribution < 1.29 is 17.9 Å². The SMILES string of the molecule is NC1=NS(=O)(=O)Cc2cccc(OC[C@H]3CCCCN3C(=O)Cc3ccncn3)c21. The van der Waals surface area contributed by atoms with Gasteiger partial charge in [-0.05, 0) is 37.0 Å². The Balaban J connectivity index is 1.48. The number of carbonyl (C=O) groups excluding carboxylic acids is 1. The molecule has 1 amide bonds. The smallest absolute Gasteiger partial charge is 0.259 e. The van der Waals surface area contributed by atoms with Gasteiger partial charge in [-0.3, -0.25) is 4.79 Å². The minimum atomic E-state index is -3.60. The number of sulfonamides is 1. The fourth-order valence-corrected chi connectivity index (χ4v) is 4.99. The van der Waals surface area contributed by atoms with E-state index >= 15 is 0 Å². The number of amides is 1. The Kier molecular flexibility index (Phi) is 5.67. The van der Waals surface area contributed by atoms with E-state index in [-0.39, 0.29) is 30.0 Å². The summed E-state index contributed by atoms with van der Waals surface area (Å²) >= 11 is 0. The maximum absolute atomic E-state index is 12.8. The third kappa shape index (κ3) is 4.43. The van der Waals surface area contributed by atoms with Gasteiger partial charge >= 0.3 is 0 Å². The van der Waals surface area contributed by atoms with Gasteiger partial charge in [0.15, 0.2) is 0 Å². The highest BCUT2D eigenvalue weighted by Crippen LogP contribution is 2.29. The number of benzene rings is 1. The summed E-state index contributed by atoms with van der Waals surface area (Å²) in [5, 5.41) is 0. The third-order valence-electron chi connectivity index (χ3n) is 5.30. The molecule has 0 bridgehead atoms. The van der Waals surface area contributed by atoms with Gasteiger partial charge in [0, 0.05) is 12.7 Å². The van der Waals surface area contributed by atoms with Crippen molar-refractivity contribution in [1.82, 2.24) is 14.9 Å². The molecule has 4 rings (SSSR count). The van der Waals surface area contributed by atoms with Gasteiger partial charge in [0.05, 0.1) is 29.5 Å². The van der Waals surface area contributed by atoms with Crippen molar-refractivity contribution in [2.75, 3.05) is 13.2 Å². The Morgan fingerprint density at radius 1 is 1.27 bits per heavy atom. The number of fused-ring (bicyclic) bond motifs is 1.